The van der Waals surface area contributed by atoms with E-state index in [4.69, 9.17) is 39.6 Å². The van der Waals surface area contributed by atoms with Gasteiger partial charge < -0.3 is 34.9 Å². The average molecular weight is 1330 g/mol. The topological polar surface area (TPSA) is 251 Å². The first-order valence-corrected chi connectivity index (χ1v) is 32.0. The van der Waals surface area contributed by atoms with Gasteiger partial charge in [0, 0.05) is 163 Å². The number of benzene rings is 2. The molecule has 14 rings (SSSR count). The zero-order valence-electron chi connectivity index (χ0n) is 53.2. The highest BCUT2D eigenvalue weighted by atomic mass is 32.1. The highest BCUT2D eigenvalue weighted by molar-refractivity contribution is 7.17. The summed E-state index contributed by atoms with van der Waals surface area (Å²) in [5, 5.41) is 32.5. The van der Waals surface area contributed by atoms with Gasteiger partial charge in [0.25, 0.3) is 0 Å². The molecule has 0 atom stereocenters. The van der Waals surface area contributed by atoms with Crippen LogP contribution >= 0.6 is 22.7 Å². The van der Waals surface area contributed by atoms with Gasteiger partial charge >= 0.3 is 23.0 Å². The first-order chi connectivity index (χ1) is 46.5. The Morgan fingerprint density at radius 1 is 0.625 bits per heavy atom. The molecule has 10 heterocycles. The third-order valence-corrected chi connectivity index (χ3v) is 18.8. The lowest BCUT2D eigenvalue weighted by Gasteiger charge is -2.34. The van der Waals surface area contributed by atoms with Gasteiger partial charge in [-0.2, -0.15) is 10.5 Å². The van der Waals surface area contributed by atoms with E-state index in [0.29, 0.717) is 107 Å². The van der Waals surface area contributed by atoms with E-state index in [1.807, 2.05) is 88.7 Å². The number of nitriles is 2. The van der Waals surface area contributed by atoms with E-state index in [1.165, 1.54) is 46.9 Å². The van der Waals surface area contributed by atoms with Crippen LogP contribution in [0, 0.1) is 47.4 Å². The van der Waals surface area contributed by atoms with E-state index in [9.17, 15) is 33.3 Å². The van der Waals surface area contributed by atoms with Crippen molar-refractivity contribution in [1.29, 1.82) is 10.5 Å². The Labute approximate surface area is 562 Å². The molecule has 2 aliphatic heterocycles. The predicted octanol–water partition coefficient (Wildman–Crippen LogP) is 11.8. The Balaban J connectivity index is 0.000000182. The molecule has 4 fully saturated rings. The number of amides is 1. The first kappa shape index (κ1) is 66.5. The van der Waals surface area contributed by atoms with Gasteiger partial charge in [0.2, 0.25) is 11.9 Å². The number of hydrogen-bond acceptors (Lipinski definition) is 19. The second-order valence-electron chi connectivity index (χ2n) is 22.6. The van der Waals surface area contributed by atoms with Crippen molar-refractivity contribution in [3.8, 4) is 56.9 Å². The van der Waals surface area contributed by atoms with E-state index in [-0.39, 0.29) is 25.0 Å². The minimum atomic E-state index is -1.00. The first-order valence-electron chi connectivity index (χ1n) is 31.1. The summed E-state index contributed by atoms with van der Waals surface area (Å²) in [5.74, 6) is 1.37. The van der Waals surface area contributed by atoms with Gasteiger partial charge in [0.1, 0.15) is 67.8 Å². The molecule has 2 saturated heterocycles. The van der Waals surface area contributed by atoms with E-state index in [2.05, 4.69) is 63.8 Å². The molecule has 2 aromatic carbocycles. The fourth-order valence-electron chi connectivity index (χ4n) is 11.1. The maximum absolute atomic E-state index is 13.5. The number of anilines is 6. The molecule has 0 spiro atoms. The third-order valence-electron chi connectivity index (χ3n) is 16.7. The molecule has 0 unspecified atom stereocenters. The van der Waals surface area contributed by atoms with Crippen LogP contribution in [0.2, 0.25) is 0 Å². The SMILES string of the molecule is C.CCc1nc2ccc(-c3cnc(N4CCNCC4)nc3)cn2c1N(C)c1nc(-c2ccc(F)cc2)c(C#N)s1.[2H]CF.[C-]#[N+]C1(C(=O)N2CCN(c3ncc(-c4ccc5nc(CC)c(N(C)c6nc(-c7ccc(F)cc7)c(C#N)s6)n5c4)cn3)CC2)CC1.[C-]#[N+]C1(C(=O)O)CC1. The summed E-state index contributed by atoms with van der Waals surface area (Å²) >= 11 is 2.57. The molecule has 0 radical (unpaired) electrons. The number of hydrogen-bond donors (Lipinski definition) is 2. The Bertz CT molecular complexity index is 4650. The number of fused-ring (bicyclic) bond motifs is 2. The van der Waals surface area contributed by atoms with Gasteiger partial charge in [-0.25, -0.2) is 66.6 Å². The third kappa shape index (κ3) is 13.8. The molecule has 96 heavy (non-hydrogen) atoms. The van der Waals surface area contributed by atoms with E-state index >= 15 is 0 Å². The number of aryl methyl sites for hydroxylation is 2. The number of aromatic nitrogens is 10. The number of piperazine rings is 2. The van der Waals surface area contributed by atoms with Gasteiger partial charge in [-0.3, -0.25) is 27.7 Å². The molecule has 1 amide bonds. The van der Waals surface area contributed by atoms with Crippen molar-refractivity contribution in [2.75, 3.05) is 93.2 Å². The minimum absolute atomic E-state index is 0. The number of alkyl halides is 1. The highest BCUT2D eigenvalue weighted by Crippen LogP contribution is 2.43. The van der Waals surface area contributed by atoms with E-state index < -0.39 is 24.2 Å². The molecule has 10 aromatic rings. The number of rotatable bonds is 14. The maximum Gasteiger partial charge on any atom is 0.390 e. The fourth-order valence-corrected chi connectivity index (χ4v) is 12.7. The van der Waals surface area contributed by atoms with Crippen molar-refractivity contribution in [2.45, 2.75) is 70.9 Å². The quantitative estimate of drug-likeness (QED) is 0.0960. The van der Waals surface area contributed by atoms with Crippen molar-refractivity contribution in [2.24, 2.45) is 0 Å². The predicted molar refractivity (Wildman–Crippen MR) is 364 cm³/mol. The van der Waals surface area contributed by atoms with E-state index in [1.54, 1.807) is 41.6 Å². The lowest BCUT2D eigenvalue weighted by atomic mass is 10.1. The molecule has 4 aliphatic rings. The Kier molecular flexibility index (Phi) is 20.2. The molecule has 0 bridgehead atoms. The van der Waals surface area contributed by atoms with Crippen molar-refractivity contribution in [1.82, 2.24) is 58.9 Å². The van der Waals surface area contributed by atoms with E-state index in [0.717, 1.165) is 95.1 Å². The summed E-state index contributed by atoms with van der Waals surface area (Å²) in [4.78, 5) is 78.1. The zero-order valence-corrected chi connectivity index (χ0v) is 53.8. The molecule has 2 aliphatic carbocycles. The zero-order chi connectivity index (χ0) is 67.8. The van der Waals surface area contributed by atoms with Crippen LogP contribution in [-0.2, 0) is 22.4 Å². The van der Waals surface area contributed by atoms with Crippen LogP contribution in [0.5, 0.6) is 0 Å². The Morgan fingerprint density at radius 3 is 1.35 bits per heavy atom. The lowest BCUT2D eigenvalue weighted by Crippen LogP contribution is -2.52. The molecular weight excluding hydrogens is 1270 g/mol. The fraction of sp³-hybridized carbons (Fsp3) is 0.324. The summed E-state index contributed by atoms with van der Waals surface area (Å²) in [6.07, 6.45) is 15.2. The standard InChI is InChI=1S/C33H29FN10OS.C28H26FN9S.C5H5NO2.CH3F.CH4/c1-4-25-29(41(3)32-40-28(26(17-35)46-32)21-5-8-24(34)9-6-21)44-20-22(7-10-27(44)39-25)23-18-37-31(38-19-23)43-15-13-42(14-16-43)30(45)33(36-2)11-12-33;1-3-22-26(36(2)28-35-25(23(14-30)39-28)18-4-7-21(29)8-5-18)38-17-19(6-9-24(38)34-22)20-15-32-27(33-16-20)37-12-10-31-11-13-37;1-6-5(2-3-5)4(7)8;1-2;/h5-10,18-20H,4,11-16H2,1,3H3;4-9,15-17,31H,3,10-13H2,1-2H3;2-3H2,(H,7,8);1H3;1H4/i;;;1D;. The van der Waals surface area contributed by atoms with Gasteiger partial charge in [0.05, 0.1) is 19.9 Å². The summed E-state index contributed by atoms with van der Waals surface area (Å²) in [7, 11) is 2.83. The molecule has 2 N–H and O–H groups in total. The molecule has 2 saturated carbocycles. The normalized spacial score (nSPS) is 14.9. The monoisotopic (exact) mass is 1330 g/mol. The second-order valence-corrected chi connectivity index (χ2v) is 24.6. The molecular formula is C68H67F3N20O3S2. The van der Waals surface area contributed by atoms with Crippen LogP contribution in [0.1, 0.15) is 69.5 Å². The van der Waals surface area contributed by atoms with Crippen LogP contribution in [0.25, 0.3) is 65.8 Å². The van der Waals surface area contributed by atoms with Gasteiger partial charge in [-0.15, -0.1) is 0 Å². The molecule has 28 heteroatoms. The van der Waals surface area contributed by atoms with Crippen molar-refractivity contribution in [3.05, 3.63) is 166 Å². The Morgan fingerprint density at radius 2 is 1.01 bits per heavy atom. The number of thiazole rings is 2. The maximum atomic E-state index is 13.5. The number of carbonyl (C=O) groups is 2. The molecule has 490 valence electrons. The summed E-state index contributed by atoms with van der Waals surface area (Å²) < 4.78 is 46.6. The lowest BCUT2D eigenvalue weighted by molar-refractivity contribution is -0.138. The Hall–Kier alpha value is -10.9. The minimum Gasteiger partial charge on any atom is -0.475 e. The number of carbonyl (C=O) groups excluding carboxylic acids is 1. The summed E-state index contributed by atoms with van der Waals surface area (Å²) in [5.41, 5.74) is 7.62. The number of nitrogens with zero attached hydrogens (tertiary/aromatic N) is 19. The number of imidazole rings is 2. The highest BCUT2D eigenvalue weighted by Gasteiger charge is 2.60. The number of carboxylic acid groups (broad SMARTS) is 1. The van der Waals surface area contributed by atoms with Crippen molar-refractivity contribution in [3.63, 3.8) is 0 Å². The number of pyridine rings is 2. The van der Waals surface area contributed by atoms with Crippen LogP contribution in [0.3, 0.4) is 0 Å². The number of carboxylic acids is 1. The summed E-state index contributed by atoms with van der Waals surface area (Å²) in [6, 6.07) is 24.5. The second kappa shape index (κ2) is 29.2. The van der Waals surface area contributed by atoms with Gasteiger partial charge in [0.15, 0.2) is 10.3 Å². The number of aliphatic carboxylic acids is 1. The molecule has 8 aromatic heterocycles. The van der Waals surface area contributed by atoms with Crippen LogP contribution in [0.4, 0.5) is 47.0 Å². The average Bonchev–Trinajstić information content (AvgIpc) is 1.64. The van der Waals surface area contributed by atoms with Crippen molar-refractivity contribution >= 4 is 79.6 Å². The van der Waals surface area contributed by atoms with Gasteiger partial charge in [-0.05, 0) is 85.6 Å². The van der Waals surface area contributed by atoms with Crippen LogP contribution in [-0.4, -0.2) is 155 Å². The van der Waals surface area contributed by atoms with Gasteiger partial charge in [-0.1, -0.05) is 43.9 Å². The summed E-state index contributed by atoms with van der Waals surface area (Å²) in [6.45, 7) is 23.9. The van der Waals surface area contributed by atoms with Crippen molar-refractivity contribution < 1.29 is 29.2 Å². The smallest absolute Gasteiger partial charge is 0.390 e. The largest absolute Gasteiger partial charge is 0.475 e. The van der Waals surface area contributed by atoms with Crippen LogP contribution in [0.15, 0.2) is 110 Å². The number of nitrogens with one attached hydrogen (secondary N) is 1. The molecule has 23 nitrogen and oxygen atoms in total. The van der Waals surface area contributed by atoms with Crippen LogP contribution < -0.4 is 24.9 Å². The number of halogens is 3.